The lowest BCUT2D eigenvalue weighted by Crippen LogP contribution is -2.16. The first-order valence-corrected chi connectivity index (χ1v) is 5.06. The summed E-state index contributed by atoms with van der Waals surface area (Å²) in [6, 6.07) is 3.99. The highest BCUT2D eigenvalue weighted by Gasteiger charge is 2.47. The van der Waals surface area contributed by atoms with Gasteiger partial charge in [-0.25, -0.2) is 0 Å². The average Bonchev–Trinajstić information content (AvgIpc) is 2.90. The van der Waals surface area contributed by atoms with Gasteiger partial charge in [-0.3, -0.25) is 9.78 Å². The van der Waals surface area contributed by atoms with E-state index in [9.17, 15) is 4.79 Å². The largest absolute Gasteiger partial charge is 0.299 e. The summed E-state index contributed by atoms with van der Waals surface area (Å²) in [5.74, 6) is 0.322. The molecule has 0 unspecified atom stereocenters. The van der Waals surface area contributed by atoms with Crippen LogP contribution in [0.25, 0.3) is 0 Å². The first kappa shape index (κ1) is 9.38. The topological polar surface area (TPSA) is 30.0 Å². The third kappa shape index (κ3) is 1.57. The number of nitrogens with zero attached hydrogens (tertiary/aromatic N) is 1. The summed E-state index contributed by atoms with van der Waals surface area (Å²) in [6.45, 7) is 3.75. The van der Waals surface area contributed by atoms with Gasteiger partial charge in [0.1, 0.15) is 5.78 Å². The Morgan fingerprint density at radius 3 is 2.79 bits per heavy atom. The number of ketones is 1. The van der Waals surface area contributed by atoms with Crippen molar-refractivity contribution in [3.63, 3.8) is 0 Å². The van der Waals surface area contributed by atoms with Crippen molar-refractivity contribution in [3.05, 3.63) is 29.6 Å². The van der Waals surface area contributed by atoms with E-state index in [0.717, 1.165) is 25.0 Å². The Hall–Kier alpha value is -1.18. The van der Waals surface area contributed by atoms with E-state index in [-0.39, 0.29) is 5.41 Å². The second-order valence-electron chi connectivity index (χ2n) is 4.28. The summed E-state index contributed by atoms with van der Waals surface area (Å²) in [4.78, 5) is 15.7. The van der Waals surface area contributed by atoms with Gasteiger partial charge in [-0.1, -0.05) is 6.07 Å². The molecular weight excluding hydrogens is 174 g/mol. The van der Waals surface area contributed by atoms with Crippen molar-refractivity contribution in [2.24, 2.45) is 5.41 Å². The molecule has 2 rings (SSSR count). The van der Waals surface area contributed by atoms with E-state index in [1.807, 2.05) is 6.07 Å². The third-order valence-electron chi connectivity index (χ3n) is 3.22. The number of carbonyl (C=O) groups is 1. The molecule has 74 valence electrons. The Kier molecular flexibility index (Phi) is 2.14. The van der Waals surface area contributed by atoms with Crippen LogP contribution in [0.4, 0.5) is 0 Å². The van der Waals surface area contributed by atoms with Crippen molar-refractivity contribution in [1.29, 1.82) is 0 Å². The predicted octanol–water partition coefficient (Wildman–Crippen LogP) is 2.30. The first-order valence-electron chi connectivity index (χ1n) is 5.06. The summed E-state index contributed by atoms with van der Waals surface area (Å²) in [6.07, 6.45) is 4.71. The maximum atomic E-state index is 11.4. The predicted molar refractivity (Wildman–Crippen MR) is 55.0 cm³/mol. The van der Waals surface area contributed by atoms with Crippen LogP contribution in [0.1, 0.15) is 31.0 Å². The van der Waals surface area contributed by atoms with Crippen molar-refractivity contribution >= 4 is 5.78 Å². The SMILES string of the molecule is CC(=O)C1(Cc2ncccc2C)CC1. The zero-order valence-electron chi connectivity index (χ0n) is 8.71. The fraction of sp³-hybridized carbons (Fsp3) is 0.500. The van der Waals surface area contributed by atoms with Crippen LogP contribution in [0.3, 0.4) is 0 Å². The fourth-order valence-corrected chi connectivity index (χ4v) is 1.83. The molecule has 0 atom stereocenters. The van der Waals surface area contributed by atoms with Gasteiger partial charge in [0.2, 0.25) is 0 Å². The normalized spacial score (nSPS) is 17.9. The van der Waals surface area contributed by atoms with E-state index in [4.69, 9.17) is 0 Å². The first-order chi connectivity index (χ1) is 6.64. The molecule has 0 bridgehead atoms. The van der Waals surface area contributed by atoms with Crippen LogP contribution in [0.15, 0.2) is 18.3 Å². The molecule has 1 aliphatic carbocycles. The van der Waals surface area contributed by atoms with E-state index in [1.165, 1.54) is 5.56 Å². The summed E-state index contributed by atoms with van der Waals surface area (Å²) < 4.78 is 0. The number of aryl methyl sites for hydroxylation is 1. The number of hydrogen-bond acceptors (Lipinski definition) is 2. The van der Waals surface area contributed by atoms with Gasteiger partial charge in [-0.15, -0.1) is 0 Å². The highest BCUT2D eigenvalue weighted by molar-refractivity contribution is 5.85. The van der Waals surface area contributed by atoms with Gasteiger partial charge in [0.15, 0.2) is 0 Å². The van der Waals surface area contributed by atoms with Crippen LogP contribution in [-0.2, 0) is 11.2 Å². The molecular formula is C12H15NO. The van der Waals surface area contributed by atoms with Crippen molar-refractivity contribution in [3.8, 4) is 0 Å². The Balaban J connectivity index is 2.19. The zero-order chi connectivity index (χ0) is 10.2. The fourth-order valence-electron chi connectivity index (χ4n) is 1.83. The molecule has 0 amide bonds. The lowest BCUT2D eigenvalue weighted by atomic mass is 9.94. The molecule has 14 heavy (non-hydrogen) atoms. The molecule has 1 fully saturated rings. The van der Waals surface area contributed by atoms with Gasteiger partial charge < -0.3 is 0 Å². The molecule has 0 radical (unpaired) electrons. The standard InChI is InChI=1S/C12H15NO/c1-9-4-3-7-13-11(9)8-12(5-6-12)10(2)14/h3-4,7H,5-6,8H2,1-2H3. The second-order valence-corrected chi connectivity index (χ2v) is 4.28. The average molecular weight is 189 g/mol. The van der Waals surface area contributed by atoms with Gasteiger partial charge in [-0.2, -0.15) is 0 Å². The molecule has 0 spiro atoms. The lowest BCUT2D eigenvalue weighted by molar-refractivity contribution is -0.122. The third-order valence-corrected chi connectivity index (χ3v) is 3.22. The molecule has 1 aromatic rings. The van der Waals surface area contributed by atoms with Crippen LogP contribution >= 0.6 is 0 Å². The monoisotopic (exact) mass is 189 g/mol. The molecule has 2 heteroatoms. The molecule has 0 saturated heterocycles. The molecule has 0 aliphatic heterocycles. The van der Waals surface area contributed by atoms with Gasteiger partial charge in [-0.05, 0) is 38.3 Å². The summed E-state index contributed by atoms with van der Waals surface area (Å²) in [5.41, 5.74) is 2.22. The highest BCUT2D eigenvalue weighted by Crippen LogP contribution is 2.49. The minimum atomic E-state index is -0.0564. The number of carbonyl (C=O) groups excluding carboxylic acids is 1. The number of aromatic nitrogens is 1. The molecule has 0 N–H and O–H groups in total. The van der Waals surface area contributed by atoms with Crippen LogP contribution < -0.4 is 0 Å². The number of rotatable bonds is 3. The van der Waals surface area contributed by atoms with E-state index in [1.54, 1.807) is 13.1 Å². The van der Waals surface area contributed by atoms with Gasteiger partial charge in [0, 0.05) is 23.7 Å². The molecule has 2 nitrogen and oxygen atoms in total. The Morgan fingerprint density at radius 1 is 1.57 bits per heavy atom. The van der Waals surface area contributed by atoms with Crippen LogP contribution in [0, 0.1) is 12.3 Å². The maximum absolute atomic E-state index is 11.4. The second kappa shape index (κ2) is 3.19. The summed E-state index contributed by atoms with van der Waals surface area (Å²) in [7, 11) is 0. The van der Waals surface area contributed by atoms with Gasteiger partial charge in [0.25, 0.3) is 0 Å². The smallest absolute Gasteiger partial charge is 0.136 e. The van der Waals surface area contributed by atoms with E-state index < -0.39 is 0 Å². The van der Waals surface area contributed by atoms with Crippen molar-refractivity contribution in [2.45, 2.75) is 33.1 Å². The number of pyridine rings is 1. The van der Waals surface area contributed by atoms with Crippen molar-refractivity contribution in [2.75, 3.05) is 0 Å². The quantitative estimate of drug-likeness (QED) is 0.730. The molecule has 1 aromatic heterocycles. The number of Topliss-reactive ketones (excluding diaryl/α,β-unsaturated/α-hetero) is 1. The van der Waals surface area contributed by atoms with Crippen molar-refractivity contribution < 1.29 is 4.79 Å². The minimum Gasteiger partial charge on any atom is -0.299 e. The van der Waals surface area contributed by atoms with Crippen LogP contribution in [-0.4, -0.2) is 10.8 Å². The Bertz CT molecular complexity index is 366. The Labute approximate surface area is 84.4 Å². The van der Waals surface area contributed by atoms with Gasteiger partial charge >= 0.3 is 0 Å². The number of hydrogen-bond donors (Lipinski definition) is 0. The Morgan fingerprint density at radius 2 is 2.29 bits per heavy atom. The molecule has 1 heterocycles. The van der Waals surface area contributed by atoms with E-state index in [2.05, 4.69) is 18.0 Å². The van der Waals surface area contributed by atoms with E-state index >= 15 is 0 Å². The lowest BCUT2D eigenvalue weighted by Gasteiger charge is -2.11. The molecule has 0 aromatic carbocycles. The zero-order valence-corrected chi connectivity index (χ0v) is 8.71. The van der Waals surface area contributed by atoms with E-state index in [0.29, 0.717) is 5.78 Å². The van der Waals surface area contributed by atoms with Crippen LogP contribution in [0.2, 0.25) is 0 Å². The molecule has 1 saturated carbocycles. The van der Waals surface area contributed by atoms with Gasteiger partial charge in [0.05, 0.1) is 0 Å². The van der Waals surface area contributed by atoms with Crippen LogP contribution in [0.5, 0.6) is 0 Å². The van der Waals surface area contributed by atoms with Crippen molar-refractivity contribution in [1.82, 2.24) is 4.98 Å². The minimum absolute atomic E-state index is 0.0564. The summed E-state index contributed by atoms with van der Waals surface area (Å²) in [5, 5.41) is 0. The summed E-state index contributed by atoms with van der Waals surface area (Å²) >= 11 is 0. The highest BCUT2D eigenvalue weighted by atomic mass is 16.1. The maximum Gasteiger partial charge on any atom is 0.136 e. The molecule has 1 aliphatic rings.